The molecule has 0 radical (unpaired) electrons. The van der Waals surface area contributed by atoms with Gasteiger partial charge in [0.15, 0.2) is 0 Å². The molecule has 4 heteroatoms. The zero-order valence-corrected chi connectivity index (χ0v) is 8.08. The lowest BCUT2D eigenvalue weighted by atomic mass is 9.96. The van der Waals surface area contributed by atoms with E-state index < -0.39 is 5.54 Å². The molecule has 1 aliphatic carbocycles. The van der Waals surface area contributed by atoms with Gasteiger partial charge in [-0.3, -0.25) is 0 Å². The number of hydrogen-bond donors (Lipinski definition) is 1. The molecule has 0 saturated heterocycles. The Morgan fingerprint density at radius 2 is 2.23 bits per heavy atom. The molecule has 2 rings (SSSR count). The zero-order valence-electron chi connectivity index (χ0n) is 8.08. The predicted octanol–water partition coefficient (Wildman–Crippen LogP) is 1.35. The summed E-state index contributed by atoms with van der Waals surface area (Å²) in [5.41, 5.74) is 5.65. The Morgan fingerprint density at radius 1 is 1.54 bits per heavy atom. The summed E-state index contributed by atoms with van der Waals surface area (Å²) in [5.74, 6) is 1.92. The molecule has 0 bridgehead atoms. The lowest BCUT2D eigenvalue weighted by Gasteiger charge is -2.19. The van der Waals surface area contributed by atoms with Crippen LogP contribution in [0.4, 0.5) is 0 Å². The summed E-state index contributed by atoms with van der Waals surface area (Å²) in [4.78, 5) is 0. The largest absolute Gasteiger partial charge is 0.424 e. The van der Waals surface area contributed by atoms with Gasteiger partial charge in [-0.1, -0.05) is 12.8 Å². The van der Waals surface area contributed by atoms with Crippen molar-refractivity contribution >= 4 is 0 Å². The van der Waals surface area contributed by atoms with Gasteiger partial charge in [0.2, 0.25) is 11.8 Å². The normalized spacial score (nSPS) is 21.5. The summed E-state index contributed by atoms with van der Waals surface area (Å²) >= 11 is 0. The SMILES string of the molecule is Cc1nnc([C@](C)(N)CC2CC2)o1. The Bertz CT molecular complexity index is 302. The molecule has 1 atom stereocenters. The van der Waals surface area contributed by atoms with Crippen LogP contribution in [0.25, 0.3) is 0 Å². The van der Waals surface area contributed by atoms with Crippen LogP contribution in [-0.2, 0) is 5.54 Å². The third kappa shape index (κ3) is 1.88. The van der Waals surface area contributed by atoms with E-state index in [1.165, 1.54) is 12.8 Å². The topological polar surface area (TPSA) is 64.9 Å². The van der Waals surface area contributed by atoms with Crippen molar-refractivity contribution in [1.29, 1.82) is 0 Å². The fraction of sp³-hybridized carbons (Fsp3) is 0.778. The van der Waals surface area contributed by atoms with Gasteiger partial charge >= 0.3 is 0 Å². The van der Waals surface area contributed by atoms with E-state index in [1.807, 2.05) is 6.92 Å². The molecule has 0 aliphatic heterocycles. The first kappa shape index (κ1) is 8.69. The van der Waals surface area contributed by atoms with Gasteiger partial charge in [-0.25, -0.2) is 0 Å². The maximum atomic E-state index is 6.10. The monoisotopic (exact) mass is 181 g/mol. The van der Waals surface area contributed by atoms with Crippen LogP contribution in [-0.4, -0.2) is 10.2 Å². The highest BCUT2D eigenvalue weighted by molar-refractivity contribution is 5.00. The van der Waals surface area contributed by atoms with Crippen LogP contribution < -0.4 is 5.73 Å². The second-order valence-electron chi connectivity index (χ2n) is 4.19. The van der Waals surface area contributed by atoms with Crippen molar-refractivity contribution < 1.29 is 4.42 Å². The lowest BCUT2D eigenvalue weighted by molar-refractivity contribution is 0.313. The third-order valence-corrected chi connectivity index (χ3v) is 2.42. The van der Waals surface area contributed by atoms with Gasteiger partial charge in [0.25, 0.3) is 0 Å². The van der Waals surface area contributed by atoms with Crippen LogP contribution >= 0.6 is 0 Å². The van der Waals surface area contributed by atoms with E-state index in [2.05, 4.69) is 10.2 Å². The number of rotatable bonds is 3. The zero-order chi connectivity index (χ0) is 9.47. The summed E-state index contributed by atoms with van der Waals surface area (Å²) in [6, 6.07) is 0. The quantitative estimate of drug-likeness (QED) is 0.764. The molecular formula is C9H15N3O. The first-order valence-corrected chi connectivity index (χ1v) is 4.67. The van der Waals surface area contributed by atoms with Crippen molar-refractivity contribution in [2.75, 3.05) is 0 Å². The molecule has 1 aliphatic rings. The van der Waals surface area contributed by atoms with E-state index in [0.29, 0.717) is 11.8 Å². The minimum Gasteiger partial charge on any atom is -0.424 e. The molecule has 0 aromatic carbocycles. The Morgan fingerprint density at radius 3 is 2.69 bits per heavy atom. The predicted molar refractivity (Wildman–Crippen MR) is 47.9 cm³/mol. The van der Waals surface area contributed by atoms with E-state index in [-0.39, 0.29) is 0 Å². The van der Waals surface area contributed by atoms with Gasteiger partial charge in [0.1, 0.15) is 0 Å². The van der Waals surface area contributed by atoms with Crippen molar-refractivity contribution in [3.8, 4) is 0 Å². The smallest absolute Gasteiger partial charge is 0.235 e. The van der Waals surface area contributed by atoms with Gasteiger partial charge in [-0.05, 0) is 19.3 Å². The summed E-state index contributed by atoms with van der Waals surface area (Å²) in [6.07, 6.45) is 3.54. The molecule has 0 spiro atoms. The second-order valence-corrected chi connectivity index (χ2v) is 4.19. The molecular weight excluding hydrogens is 166 g/mol. The van der Waals surface area contributed by atoms with Gasteiger partial charge in [0.05, 0.1) is 5.54 Å². The molecule has 1 aromatic rings. The van der Waals surface area contributed by atoms with Crippen LogP contribution in [0.15, 0.2) is 4.42 Å². The second kappa shape index (κ2) is 2.80. The Balaban J connectivity index is 2.12. The van der Waals surface area contributed by atoms with Gasteiger partial charge in [-0.2, -0.15) is 0 Å². The van der Waals surface area contributed by atoms with E-state index in [1.54, 1.807) is 6.92 Å². The molecule has 72 valence electrons. The van der Waals surface area contributed by atoms with Crippen LogP contribution in [0.2, 0.25) is 0 Å². The first-order valence-electron chi connectivity index (χ1n) is 4.67. The number of nitrogens with zero attached hydrogens (tertiary/aromatic N) is 2. The Kier molecular flexibility index (Phi) is 1.87. The molecule has 1 aromatic heterocycles. The summed E-state index contributed by atoms with van der Waals surface area (Å²) in [6.45, 7) is 3.74. The molecule has 0 amide bonds. The molecule has 4 nitrogen and oxygen atoms in total. The first-order chi connectivity index (χ1) is 6.08. The molecule has 1 heterocycles. The number of aryl methyl sites for hydroxylation is 1. The van der Waals surface area contributed by atoms with Crippen molar-refractivity contribution in [3.05, 3.63) is 11.8 Å². The standard InChI is InChI=1S/C9H15N3O/c1-6-11-12-8(13-6)9(2,10)5-7-3-4-7/h7H,3-5,10H2,1-2H3/t9-/m1/s1. The third-order valence-electron chi connectivity index (χ3n) is 2.42. The summed E-state index contributed by atoms with van der Waals surface area (Å²) in [7, 11) is 0. The molecule has 2 N–H and O–H groups in total. The molecule has 1 saturated carbocycles. The van der Waals surface area contributed by atoms with Crippen molar-refractivity contribution in [2.24, 2.45) is 11.7 Å². The summed E-state index contributed by atoms with van der Waals surface area (Å²) in [5, 5.41) is 7.74. The highest BCUT2D eigenvalue weighted by atomic mass is 16.4. The number of nitrogens with two attached hydrogens (primary N) is 1. The fourth-order valence-electron chi connectivity index (χ4n) is 1.54. The van der Waals surface area contributed by atoms with E-state index >= 15 is 0 Å². The van der Waals surface area contributed by atoms with E-state index in [0.717, 1.165) is 12.3 Å². The van der Waals surface area contributed by atoms with Gasteiger partial charge in [-0.15, -0.1) is 10.2 Å². The van der Waals surface area contributed by atoms with Crippen molar-refractivity contribution in [3.63, 3.8) is 0 Å². The maximum Gasteiger partial charge on any atom is 0.235 e. The van der Waals surface area contributed by atoms with Crippen LogP contribution in [0, 0.1) is 12.8 Å². The minimum atomic E-state index is -0.442. The van der Waals surface area contributed by atoms with Crippen LogP contribution in [0.1, 0.15) is 38.0 Å². The number of aromatic nitrogens is 2. The van der Waals surface area contributed by atoms with Gasteiger partial charge < -0.3 is 10.2 Å². The van der Waals surface area contributed by atoms with Crippen molar-refractivity contribution in [2.45, 2.75) is 38.6 Å². The molecule has 1 fully saturated rings. The fourth-order valence-corrected chi connectivity index (χ4v) is 1.54. The van der Waals surface area contributed by atoms with Crippen molar-refractivity contribution in [1.82, 2.24) is 10.2 Å². The summed E-state index contributed by atoms with van der Waals surface area (Å²) < 4.78 is 5.33. The highest BCUT2D eigenvalue weighted by Crippen LogP contribution is 2.38. The average molecular weight is 181 g/mol. The van der Waals surface area contributed by atoms with Crippen LogP contribution in [0.3, 0.4) is 0 Å². The average Bonchev–Trinajstić information content (AvgIpc) is 2.70. The van der Waals surface area contributed by atoms with E-state index in [9.17, 15) is 0 Å². The van der Waals surface area contributed by atoms with Crippen LogP contribution in [0.5, 0.6) is 0 Å². The highest BCUT2D eigenvalue weighted by Gasteiger charge is 2.35. The Hall–Kier alpha value is -0.900. The minimum absolute atomic E-state index is 0.442. The maximum absolute atomic E-state index is 6.10. The Labute approximate surface area is 77.5 Å². The molecule has 13 heavy (non-hydrogen) atoms. The number of hydrogen-bond acceptors (Lipinski definition) is 4. The molecule has 0 unspecified atom stereocenters. The lowest BCUT2D eigenvalue weighted by Crippen LogP contribution is -2.34. The van der Waals surface area contributed by atoms with E-state index in [4.69, 9.17) is 10.2 Å². The van der Waals surface area contributed by atoms with Gasteiger partial charge in [0, 0.05) is 6.92 Å².